The van der Waals surface area contributed by atoms with Crippen LogP contribution in [0.5, 0.6) is 5.75 Å². The summed E-state index contributed by atoms with van der Waals surface area (Å²) >= 11 is 0. The van der Waals surface area contributed by atoms with Gasteiger partial charge in [-0.1, -0.05) is 42.5 Å². The molecule has 2 aromatic carbocycles. The Bertz CT molecular complexity index is 863. The Morgan fingerprint density at radius 1 is 1.07 bits per heavy atom. The highest BCUT2D eigenvalue weighted by Gasteiger charge is 2.18. The Morgan fingerprint density at radius 3 is 2.63 bits per heavy atom. The van der Waals surface area contributed by atoms with Crippen molar-refractivity contribution in [3.8, 4) is 16.9 Å². The number of ether oxygens (including phenoxy) is 1. The topological polar surface area (TPSA) is 39.1 Å². The first-order valence-electron chi connectivity index (χ1n) is 9.02. The minimum atomic E-state index is -0.340. The summed E-state index contributed by atoms with van der Waals surface area (Å²) < 4.78 is 22.6. The highest BCUT2D eigenvalue weighted by Crippen LogP contribution is 2.30. The number of nitrogens with zero attached hydrogens (tertiary/aromatic N) is 2. The summed E-state index contributed by atoms with van der Waals surface area (Å²) in [6.07, 6.45) is 5.77. The highest BCUT2D eigenvalue weighted by atomic mass is 35.5. The zero-order valence-corrected chi connectivity index (χ0v) is 15.8. The van der Waals surface area contributed by atoms with Crippen molar-refractivity contribution < 1.29 is 9.13 Å². The maximum Gasteiger partial charge on any atom is 0.172 e. The smallest absolute Gasteiger partial charge is 0.172 e. The van der Waals surface area contributed by atoms with Crippen molar-refractivity contribution >= 4 is 12.4 Å². The number of rotatable bonds is 5. The molecule has 1 fully saturated rings. The van der Waals surface area contributed by atoms with E-state index in [4.69, 9.17) is 4.74 Å². The van der Waals surface area contributed by atoms with Crippen molar-refractivity contribution in [1.82, 2.24) is 15.1 Å². The fraction of sp³-hybridized carbons (Fsp3) is 0.286. The van der Waals surface area contributed by atoms with E-state index in [0.29, 0.717) is 18.2 Å². The maximum atomic E-state index is 14.9. The predicted octanol–water partition coefficient (Wildman–Crippen LogP) is 4.61. The number of aromatic nitrogens is 2. The molecule has 1 aliphatic heterocycles. The minimum Gasteiger partial charge on any atom is -0.486 e. The van der Waals surface area contributed by atoms with Gasteiger partial charge in [0.1, 0.15) is 6.61 Å². The lowest BCUT2D eigenvalue weighted by Crippen LogP contribution is -2.29. The summed E-state index contributed by atoms with van der Waals surface area (Å²) in [5.41, 5.74) is 2.32. The second kappa shape index (κ2) is 9.02. The molecule has 0 amide bonds. The van der Waals surface area contributed by atoms with E-state index >= 15 is 0 Å². The number of halogens is 2. The van der Waals surface area contributed by atoms with Crippen LogP contribution in [0.4, 0.5) is 4.39 Å². The van der Waals surface area contributed by atoms with Crippen LogP contribution in [0.1, 0.15) is 24.4 Å². The van der Waals surface area contributed by atoms with Crippen LogP contribution in [0.3, 0.4) is 0 Å². The van der Waals surface area contributed by atoms with Crippen molar-refractivity contribution in [2.24, 2.45) is 0 Å². The van der Waals surface area contributed by atoms with Gasteiger partial charge in [-0.3, -0.25) is 4.68 Å². The molecular formula is C21H23ClFN3O. The average Bonchev–Trinajstić information content (AvgIpc) is 3.19. The van der Waals surface area contributed by atoms with Gasteiger partial charge in [-0.25, -0.2) is 4.39 Å². The molecule has 2 heterocycles. The van der Waals surface area contributed by atoms with Gasteiger partial charge in [0, 0.05) is 17.3 Å². The Kier molecular flexibility index (Phi) is 6.48. The van der Waals surface area contributed by atoms with Crippen LogP contribution in [0.15, 0.2) is 60.9 Å². The molecule has 0 atom stereocenters. The maximum absolute atomic E-state index is 14.9. The average molecular weight is 388 g/mol. The molecule has 27 heavy (non-hydrogen) atoms. The van der Waals surface area contributed by atoms with Crippen molar-refractivity contribution in [2.45, 2.75) is 25.5 Å². The quantitative estimate of drug-likeness (QED) is 0.694. The molecule has 3 aromatic rings. The third-order valence-electron chi connectivity index (χ3n) is 4.80. The first-order chi connectivity index (χ1) is 12.8. The zero-order valence-electron chi connectivity index (χ0n) is 15.0. The Morgan fingerprint density at radius 2 is 1.85 bits per heavy atom. The molecule has 1 aliphatic rings. The SMILES string of the molecule is Cl.Fc1c(OCc2ccccc2)cccc1-c1cnn(C2CCNCC2)c1. The van der Waals surface area contributed by atoms with E-state index in [2.05, 4.69) is 10.4 Å². The van der Waals surface area contributed by atoms with Gasteiger partial charge in [0.15, 0.2) is 11.6 Å². The van der Waals surface area contributed by atoms with Crippen LogP contribution in [-0.2, 0) is 6.61 Å². The normalized spacial score (nSPS) is 14.6. The highest BCUT2D eigenvalue weighted by molar-refractivity contribution is 5.85. The fourth-order valence-electron chi connectivity index (χ4n) is 3.33. The summed E-state index contributed by atoms with van der Waals surface area (Å²) in [6, 6.07) is 15.4. The van der Waals surface area contributed by atoms with Gasteiger partial charge in [0.05, 0.1) is 12.2 Å². The van der Waals surface area contributed by atoms with Gasteiger partial charge in [0.2, 0.25) is 0 Å². The molecule has 1 aromatic heterocycles. The Hall–Kier alpha value is -2.37. The fourth-order valence-corrected chi connectivity index (χ4v) is 3.33. The molecule has 0 aliphatic carbocycles. The minimum absolute atomic E-state index is 0. The van der Waals surface area contributed by atoms with E-state index in [-0.39, 0.29) is 24.0 Å². The van der Waals surface area contributed by atoms with Crippen LogP contribution in [-0.4, -0.2) is 22.9 Å². The second-order valence-corrected chi connectivity index (χ2v) is 6.58. The van der Waals surface area contributed by atoms with Gasteiger partial charge in [-0.2, -0.15) is 5.10 Å². The van der Waals surface area contributed by atoms with E-state index in [1.54, 1.807) is 18.3 Å². The van der Waals surface area contributed by atoms with Crippen LogP contribution >= 0.6 is 12.4 Å². The summed E-state index contributed by atoms with van der Waals surface area (Å²) in [7, 11) is 0. The largest absolute Gasteiger partial charge is 0.486 e. The van der Waals surface area contributed by atoms with Gasteiger partial charge in [0.25, 0.3) is 0 Å². The third-order valence-corrected chi connectivity index (χ3v) is 4.80. The lowest BCUT2D eigenvalue weighted by Gasteiger charge is -2.22. The molecule has 0 unspecified atom stereocenters. The van der Waals surface area contributed by atoms with E-state index in [1.165, 1.54) is 0 Å². The molecule has 0 bridgehead atoms. The standard InChI is InChI=1S/C21H22FN3O.ClH/c22-21-19(17-13-24-25(14-17)18-9-11-23-12-10-18)7-4-8-20(21)26-15-16-5-2-1-3-6-16;/h1-8,13-14,18,23H,9-12,15H2;1H. The first kappa shape index (κ1) is 19.4. The summed E-state index contributed by atoms with van der Waals surface area (Å²) in [4.78, 5) is 0. The van der Waals surface area contributed by atoms with Gasteiger partial charge >= 0.3 is 0 Å². The van der Waals surface area contributed by atoms with Crippen LogP contribution in [0, 0.1) is 5.82 Å². The zero-order chi connectivity index (χ0) is 17.8. The van der Waals surface area contributed by atoms with Crippen LogP contribution < -0.4 is 10.1 Å². The number of nitrogens with one attached hydrogen (secondary N) is 1. The number of piperidine rings is 1. The Balaban J connectivity index is 0.00000210. The second-order valence-electron chi connectivity index (χ2n) is 6.58. The van der Waals surface area contributed by atoms with E-state index in [0.717, 1.165) is 37.1 Å². The molecule has 4 nitrogen and oxygen atoms in total. The first-order valence-corrected chi connectivity index (χ1v) is 9.02. The molecule has 0 spiro atoms. The van der Waals surface area contributed by atoms with Crippen molar-refractivity contribution in [1.29, 1.82) is 0 Å². The van der Waals surface area contributed by atoms with E-state index < -0.39 is 0 Å². The van der Waals surface area contributed by atoms with Gasteiger partial charge in [-0.05, 0) is 37.6 Å². The van der Waals surface area contributed by atoms with Gasteiger partial charge in [-0.15, -0.1) is 12.4 Å². The number of benzene rings is 2. The molecule has 1 saturated heterocycles. The van der Waals surface area contributed by atoms with Crippen molar-refractivity contribution in [3.63, 3.8) is 0 Å². The van der Waals surface area contributed by atoms with Crippen LogP contribution in [0.25, 0.3) is 11.1 Å². The molecule has 0 saturated carbocycles. The Labute approximate surface area is 164 Å². The molecule has 142 valence electrons. The third kappa shape index (κ3) is 4.49. The molecule has 0 radical (unpaired) electrons. The van der Waals surface area contributed by atoms with Crippen LogP contribution in [0.2, 0.25) is 0 Å². The number of hydrogen-bond acceptors (Lipinski definition) is 3. The number of hydrogen-bond donors (Lipinski definition) is 1. The lowest BCUT2D eigenvalue weighted by atomic mass is 10.1. The van der Waals surface area contributed by atoms with E-state index in [9.17, 15) is 4.39 Å². The lowest BCUT2D eigenvalue weighted by molar-refractivity contribution is 0.291. The molecular weight excluding hydrogens is 365 g/mol. The van der Waals surface area contributed by atoms with Crippen molar-refractivity contribution in [2.75, 3.05) is 13.1 Å². The summed E-state index contributed by atoms with van der Waals surface area (Å²) in [5, 5.41) is 7.81. The monoisotopic (exact) mass is 387 g/mol. The summed E-state index contributed by atoms with van der Waals surface area (Å²) in [5.74, 6) is -0.0748. The van der Waals surface area contributed by atoms with Gasteiger partial charge < -0.3 is 10.1 Å². The van der Waals surface area contributed by atoms with E-state index in [1.807, 2.05) is 47.3 Å². The molecule has 6 heteroatoms. The summed E-state index contributed by atoms with van der Waals surface area (Å²) in [6.45, 7) is 2.34. The van der Waals surface area contributed by atoms with Crippen molar-refractivity contribution in [3.05, 3.63) is 72.3 Å². The predicted molar refractivity (Wildman–Crippen MR) is 107 cm³/mol. The molecule has 1 N–H and O–H groups in total. The molecule has 4 rings (SSSR count).